The number of carbonyl (C=O) groups excluding carboxylic acids is 1. The molecule has 2 rings (SSSR count). The van der Waals surface area contributed by atoms with Gasteiger partial charge in [-0.3, -0.25) is 5.32 Å². The first-order valence-electron chi connectivity index (χ1n) is 6.99. The maximum atomic E-state index is 11.9. The number of ether oxygens (including phenoxy) is 1. The Bertz CT molecular complexity index is 651. The van der Waals surface area contributed by atoms with E-state index >= 15 is 0 Å². The minimum Gasteiger partial charge on any atom is -0.444 e. The monoisotopic (exact) mass is 300 g/mol. The highest BCUT2D eigenvalue weighted by Gasteiger charge is 2.17. The second kappa shape index (κ2) is 6.43. The second-order valence-corrected chi connectivity index (χ2v) is 5.70. The van der Waals surface area contributed by atoms with Crippen molar-refractivity contribution in [1.29, 1.82) is 0 Å². The lowest BCUT2D eigenvalue weighted by molar-refractivity contribution is 0.0635. The van der Waals surface area contributed by atoms with Crippen molar-refractivity contribution in [2.75, 3.05) is 17.7 Å². The smallest absolute Gasteiger partial charge is 0.413 e. The predicted octanol–water partition coefficient (Wildman–Crippen LogP) is 3.53. The first-order chi connectivity index (χ1) is 10.4. The summed E-state index contributed by atoms with van der Waals surface area (Å²) >= 11 is 0. The molecule has 0 radical (unpaired) electrons. The van der Waals surface area contributed by atoms with Gasteiger partial charge in [0.25, 0.3) is 0 Å². The van der Waals surface area contributed by atoms with Crippen molar-refractivity contribution in [3.05, 3.63) is 36.4 Å². The lowest BCUT2D eigenvalue weighted by Crippen LogP contribution is -2.27. The summed E-state index contributed by atoms with van der Waals surface area (Å²) in [6.07, 6.45) is -0.549. The molecule has 2 aromatic rings. The van der Waals surface area contributed by atoms with Crippen LogP contribution in [-0.2, 0) is 4.74 Å². The fourth-order valence-electron chi connectivity index (χ4n) is 1.76. The van der Waals surface area contributed by atoms with Gasteiger partial charge < -0.3 is 10.1 Å². The molecule has 0 aliphatic heterocycles. The van der Waals surface area contributed by atoms with E-state index in [1.807, 2.05) is 30.3 Å². The molecule has 0 fully saturated rings. The third kappa shape index (κ3) is 4.44. The van der Waals surface area contributed by atoms with Crippen molar-refractivity contribution < 1.29 is 9.53 Å². The maximum Gasteiger partial charge on any atom is 0.413 e. The summed E-state index contributed by atoms with van der Waals surface area (Å²) in [5, 5.41) is 5.59. The first-order valence-corrected chi connectivity index (χ1v) is 6.99. The van der Waals surface area contributed by atoms with Crippen molar-refractivity contribution in [2.45, 2.75) is 26.4 Å². The summed E-state index contributed by atoms with van der Waals surface area (Å²) in [6, 6.07) is 11.2. The maximum absolute atomic E-state index is 11.9. The van der Waals surface area contributed by atoms with Crippen LogP contribution in [0.3, 0.4) is 0 Å². The van der Waals surface area contributed by atoms with Gasteiger partial charge in [-0.2, -0.15) is 0 Å². The van der Waals surface area contributed by atoms with Crippen molar-refractivity contribution in [3.8, 4) is 11.4 Å². The summed E-state index contributed by atoms with van der Waals surface area (Å²) in [5.41, 5.74) is 0.303. The van der Waals surface area contributed by atoms with Crippen LogP contribution in [0, 0.1) is 0 Å². The lowest BCUT2D eigenvalue weighted by atomic mass is 10.2. The number of hydrogen-bond donors (Lipinski definition) is 2. The molecular formula is C16H20N4O2. The molecule has 0 spiro atoms. The van der Waals surface area contributed by atoms with Gasteiger partial charge in [0.05, 0.1) is 0 Å². The number of nitrogens with one attached hydrogen (secondary N) is 2. The molecule has 0 aliphatic rings. The fourth-order valence-corrected chi connectivity index (χ4v) is 1.76. The van der Waals surface area contributed by atoms with Crippen LogP contribution in [-0.4, -0.2) is 28.7 Å². The van der Waals surface area contributed by atoms with Crippen LogP contribution in [0.4, 0.5) is 16.4 Å². The van der Waals surface area contributed by atoms with Crippen LogP contribution in [0.15, 0.2) is 36.4 Å². The van der Waals surface area contributed by atoms with E-state index in [1.165, 1.54) is 0 Å². The Morgan fingerprint density at radius 3 is 2.32 bits per heavy atom. The van der Waals surface area contributed by atoms with E-state index in [1.54, 1.807) is 33.9 Å². The standard InChI is InChI=1S/C16H20N4O2/c1-16(2,3)22-15(21)20-13-10-12(17-4)18-14(19-13)11-8-6-5-7-9-11/h5-10H,1-4H3,(H2,17,18,19,20,21). The molecule has 6 nitrogen and oxygen atoms in total. The lowest BCUT2D eigenvalue weighted by Gasteiger charge is -2.19. The van der Waals surface area contributed by atoms with Gasteiger partial charge in [0.2, 0.25) is 0 Å². The fraction of sp³-hybridized carbons (Fsp3) is 0.312. The third-order valence-electron chi connectivity index (χ3n) is 2.64. The van der Waals surface area contributed by atoms with Crippen LogP contribution < -0.4 is 10.6 Å². The van der Waals surface area contributed by atoms with Crippen LogP contribution >= 0.6 is 0 Å². The predicted molar refractivity (Wildman–Crippen MR) is 86.9 cm³/mol. The molecule has 2 N–H and O–H groups in total. The summed E-state index contributed by atoms with van der Waals surface area (Å²) in [7, 11) is 1.76. The van der Waals surface area contributed by atoms with Gasteiger partial charge in [0, 0.05) is 18.7 Å². The van der Waals surface area contributed by atoms with Gasteiger partial charge in [0.15, 0.2) is 5.82 Å². The Balaban J connectivity index is 2.27. The highest BCUT2D eigenvalue weighted by Crippen LogP contribution is 2.20. The Morgan fingerprint density at radius 2 is 1.73 bits per heavy atom. The van der Waals surface area contributed by atoms with Crippen molar-refractivity contribution in [2.24, 2.45) is 0 Å². The topological polar surface area (TPSA) is 76.1 Å². The molecule has 1 aromatic carbocycles. The number of rotatable bonds is 3. The van der Waals surface area contributed by atoms with Gasteiger partial charge in [-0.25, -0.2) is 14.8 Å². The SMILES string of the molecule is CNc1cc(NC(=O)OC(C)(C)C)nc(-c2ccccc2)n1. The van der Waals surface area contributed by atoms with E-state index in [9.17, 15) is 4.79 Å². The first kappa shape index (κ1) is 15.8. The number of hydrogen-bond acceptors (Lipinski definition) is 5. The van der Waals surface area contributed by atoms with E-state index in [2.05, 4.69) is 20.6 Å². The number of amides is 1. The van der Waals surface area contributed by atoms with Crippen LogP contribution in [0.5, 0.6) is 0 Å². The van der Waals surface area contributed by atoms with E-state index in [-0.39, 0.29) is 0 Å². The molecule has 6 heteroatoms. The molecule has 0 atom stereocenters. The van der Waals surface area contributed by atoms with E-state index < -0.39 is 11.7 Å². The number of aromatic nitrogens is 2. The average Bonchev–Trinajstić information content (AvgIpc) is 2.45. The Labute approximate surface area is 129 Å². The summed E-state index contributed by atoms with van der Waals surface area (Å²) in [4.78, 5) is 20.6. The number of carbonyl (C=O) groups is 1. The number of benzene rings is 1. The molecule has 1 heterocycles. The van der Waals surface area contributed by atoms with Gasteiger partial charge in [0.1, 0.15) is 17.2 Å². The highest BCUT2D eigenvalue weighted by atomic mass is 16.6. The summed E-state index contributed by atoms with van der Waals surface area (Å²) < 4.78 is 5.23. The Hall–Kier alpha value is -2.63. The number of anilines is 2. The zero-order valence-electron chi connectivity index (χ0n) is 13.2. The molecule has 0 aliphatic carbocycles. The van der Waals surface area contributed by atoms with Gasteiger partial charge >= 0.3 is 6.09 Å². The molecule has 1 aromatic heterocycles. The minimum absolute atomic E-state index is 0.382. The summed E-state index contributed by atoms with van der Waals surface area (Å²) in [5.74, 6) is 1.52. The zero-order chi connectivity index (χ0) is 16.2. The van der Waals surface area contributed by atoms with E-state index in [4.69, 9.17) is 4.74 Å². The van der Waals surface area contributed by atoms with E-state index in [0.717, 1.165) is 5.56 Å². The second-order valence-electron chi connectivity index (χ2n) is 5.70. The molecule has 22 heavy (non-hydrogen) atoms. The Kier molecular flexibility index (Phi) is 4.60. The van der Waals surface area contributed by atoms with Gasteiger partial charge in [-0.1, -0.05) is 30.3 Å². The molecular weight excluding hydrogens is 280 g/mol. The van der Waals surface area contributed by atoms with Crippen LogP contribution in [0.25, 0.3) is 11.4 Å². The normalized spacial score (nSPS) is 10.9. The van der Waals surface area contributed by atoms with Crippen molar-refractivity contribution in [1.82, 2.24) is 9.97 Å². The largest absolute Gasteiger partial charge is 0.444 e. The number of nitrogens with zero attached hydrogens (tertiary/aromatic N) is 2. The molecule has 0 saturated carbocycles. The zero-order valence-corrected chi connectivity index (χ0v) is 13.2. The Morgan fingerprint density at radius 1 is 1.09 bits per heavy atom. The quantitative estimate of drug-likeness (QED) is 0.906. The molecule has 0 unspecified atom stereocenters. The molecule has 1 amide bonds. The average molecular weight is 300 g/mol. The molecule has 0 saturated heterocycles. The van der Waals surface area contributed by atoms with Crippen LogP contribution in [0.2, 0.25) is 0 Å². The molecule has 116 valence electrons. The van der Waals surface area contributed by atoms with Gasteiger partial charge in [-0.15, -0.1) is 0 Å². The van der Waals surface area contributed by atoms with E-state index in [0.29, 0.717) is 17.5 Å². The third-order valence-corrected chi connectivity index (χ3v) is 2.64. The van der Waals surface area contributed by atoms with Crippen molar-refractivity contribution >= 4 is 17.7 Å². The van der Waals surface area contributed by atoms with Gasteiger partial charge in [-0.05, 0) is 20.8 Å². The molecule has 0 bridgehead atoms. The van der Waals surface area contributed by atoms with Crippen molar-refractivity contribution in [3.63, 3.8) is 0 Å². The van der Waals surface area contributed by atoms with Crippen LogP contribution in [0.1, 0.15) is 20.8 Å². The summed E-state index contributed by atoms with van der Waals surface area (Å²) in [6.45, 7) is 5.42. The minimum atomic E-state index is -0.564. The highest BCUT2D eigenvalue weighted by molar-refractivity contribution is 5.84.